The molecule has 1 N–H and O–H groups in total. The van der Waals surface area contributed by atoms with E-state index in [2.05, 4.69) is 10.5 Å². The number of benzene rings is 1. The van der Waals surface area contributed by atoms with E-state index in [0.29, 0.717) is 0 Å². The minimum Gasteiger partial charge on any atom is -0.272 e. The number of nitro groups is 1. The van der Waals surface area contributed by atoms with Crippen molar-refractivity contribution in [3.8, 4) is 0 Å². The molecule has 0 radical (unpaired) electrons. The third-order valence-corrected chi connectivity index (χ3v) is 6.63. The van der Waals surface area contributed by atoms with Crippen LogP contribution in [0.25, 0.3) is 0 Å². The Morgan fingerprint density at radius 2 is 1.96 bits per heavy atom. The lowest BCUT2D eigenvalue weighted by molar-refractivity contribution is -0.384. The van der Waals surface area contributed by atoms with Crippen LogP contribution in [-0.4, -0.2) is 37.0 Å². The van der Waals surface area contributed by atoms with Crippen molar-refractivity contribution >= 4 is 38.9 Å². The van der Waals surface area contributed by atoms with Crippen LogP contribution in [0.3, 0.4) is 0 Å². The largest absolute Gasteiger partial charge is 0.295 e. The second-order valence-electron chi connectivity index (χ2n) is 5.34. The van der Waals surface area contributed by atoms with Gasteiger partial charge in [-0.3, -0.25) is 15.5 Å². The fourth-order valence-electron chi connectivity index (χ4n) is 2.32. The predicted octanol–water partition coefficient (Wildman–Crippen LogP) is 3.44. The summed E-state index contributed by atoms with van der Waals surface area (Å²) in [7, 11) is -3.77. The predicted molar refractivity (Wildman–Crippen MR) is 103 cm³/mol. The molecule has 10 heteroatoms. The number of nitrogens with zero attached hydrogens (tertiary/aromatic N) is 3. The third kappa shape index (κ3) is 4.45. The Balaban J connectivity index is 2.31. The molecule has 1 aromatic heterocycles. The van der Waals surface area contributed by atoms with E-state index in [-0.39, 0.29) is 29.4 Å². The molecule has 0 aliphatic carbocycles. The Bertz CT molecular complexity index is 918. The minimum atomic E-state index is -3.77. The van der Waals surface area contributed by atoms with Crippen LogP contribution in [0.15, 0.2) is 40.3 Å². The number of aryl methyl sites for hydroxylation is 1. The molecule has 1 heterocycles. The molecule has 0 saturated heterocycles. The molecule has 2 aromatic rings. The van der Waals surface area contributed by atoms with Crippen LogP contribution in [0.2, 0.25) is 0 Å². The summed E-state index contributed by atoms with van der Waals surface area (Å²) in [6, 6.07) is 7.58. The van der Waals surface area contributed by atoms with Crippen molar-refractivity contribution in [2.75, 3.05) is 18.5 Å². The average molecular weight is 396 g/mol. The Morgan fingerprint density at radius 1 is 1.27 bits per heavy atom. The molecule has 8 nitrogen and oxygen atoms in total. The number of hydrazone groups is 1. The highest BCUT2D eigenvalue weighted by Crippen LogP contribution is 2.29. The lowest BCUT2D eigenvalue weighted by Crippen LogP contribution is -2.30. The van der Waals surface area contributed by atoms with Crippen molar-refractivity contribution in [2.24, 2.45) is 5.10 Å². The molecular weight excluding hydrogens is 376 g/mol. The number of hydrogen-bond donors (Lipinski definition) is 1. The smallest absolute Gasteiger partial charge is 0.272 e. The van der Waals surface area contributed by atoms with Gasteiger partial charge >= 0.3 is 0 Å². The van der Waals surface area contributed by atoms with Gasteiger partial charge in [-0.15, -0.1) is 11.3 Å². The number of nitrogens with one attached hydrogen (secondary N) is 1. The van der Waals surface area contributed by atoms with Crippen LogP contribution in [0.5, 0.6) is 0 Å². The Kier molecular flexibility index (Phi) is 6.46. The quantitative estimate of drug-likeness (QED) is 0.418. The van der Waals surface area contributed by atoms with Crippen LogP contribution < -0.4 is 5.43 Å². The fraction of sp³-hybridized carbons (Fsp3) is 0.312. The fourth-order valence-corrected chi connectivity index (χ4v) is 4.55. The van der Waals surface area contributed by atoms with Gasteiger partial charge in [0.2, 0.25) is 10.0 Å². The highest BCUT2D eigenvalue weighted by atomic mass is 32.2. The standard InChI is InChI=1S/C16H20N4O4S2/c1-4-19(5-2)26(23,24)14-8-9-15(16(10-14)20(21)22)18-17-11-13-7-6-12(3)25-13/h6-11,18H,4-5H2,1-3H3. The molecule has 0 bridgehead atoms. The van der Waals surface area contributed by atoms with Gasteiger partial charge in [0.25, 0.3) is 5.69 Å². The Morgan fingerprint density at radius 3 is 2.50 bits per heavy atom. The van der Waals surface area contributed by atoms with Crippen LogP contribution in [-0.2, 0) is 10.0 Å². The molecule has 0 fully saturated rings. The molecule has 140 valence electrons. The zero-order valence-electron chi connectivity index (χ0n) is 14.7. The number of nitro benzene ring substituents is 1. The number of rotatable bonds is 8. The highest BCUT2D eigenvalue weighted by Gasteiger charge is 2.25. The van der Waals surface area contributed by atoms with Crippen molar-refractivity contribution in [1.29, 1.82) is 0 Å². The molecule has 0 aliphatic rings. The van der Waals surface area contributed by atoms with E-state index in [1.165, 1.54) is 27.8 Å². The molecule has 0 aliphatic heterocycles. The van der Waals surface area contributed by atoms with Crippen LogP contribution in [0.4, 0.5) is 11.4 Å². The van der Waals surface area contributed by atoms with Gasteiger partial charge in [0.15, 0.2) is 0 Å². The van der Waals surface area contributed by atoms with Crippen LogP contribution >= 0.6 is 11.3 Å². The topological polar surface area (TPSA) is 105 Å². The van der Waals surface area contributed by atoms with Gasteiger partial charge in [0, 0.05) is 28.9 Å². The van der Waals surface area contributed by atoms with Crippen molar-refractivity contribution in [2.45, 2.75) is 25.7 Å². The molecule has 1 aromatic carbocycles. The number of hydrogen-bond acceptors (Lipinski definition) is 7. The lowest BCUT2D eigenvalue weighted by atomic mass is 10.3. The average Bonchev–Trinajstić information content (AvgIpc) is 3.01. The van der Waals surface area contributed by atoms with E-state index in [4.69, 9.17) is 0 Å². The zero-order valence-corrected chi connectivity index (χ0v) is 16.3. The van der Waals surface area contributed by atoms with Crippen molar-refractivity contribution in [3.63, 3.8) is 0 Å². The Labute approximate surface area is 156 Å². The summed E-state index contributed by atoms with van der Waals surface area (Å²) in [4.78, 5) is 12.6. The molecule has 26 heavy (non-hydrogen) atoms. The molecule has 0 spiro atoms. The summed E-state index contributed by atoms with van der Waals surface area (Å²) < 4.78 is 26.3. The first kappa shape index (κ1) is 20.0. The van der Waals surface area contributed by atoms with Gasteiger partial charge in [-0.05, 0) is 31.2 Å². The van der Waals surface area contributed by atoms with Gasteiger partial charge in [0.1, 0.15) is 5.69 Å². The first-order chi connectivity index (χ1) is 12.3. The van der Waals surface area contributed by atoms with Crippen molar-refractivity contribution < 1.29 is 13.3 Å². The summed E-state index contributed by atoms with van der Waals surface area (Å²) in [5, 5.41) is 15.4. The lowest BCUT2D eigenvalue weighted by Gasteiger charge is -2.18. The summed E-state index contributed by atoms with van der Waals surface area (Å²) in [6.45, 7) is 5.97. The normalized spacial score (nSPS) is 12.0. The molecule has 0 amide bonds. The minimum absolute atomic E-state index is 0.115. The molecular formula is C16H20N4O4S2. The molecule has 0 saturated carbocycles. The number of anilines is 1. The highest BCUT2D eigenvalue weighted by molar-refractivity contribution is 7.89. The third-order valence-electron chi connectivity index (χ3n) is 3.65. The second-order valence-corrected chi connectivity index (χ2v) is 8.60. The van der Waals surface area contributed by atoms with E-state index < -0.39 is 14.9 Å². The molecule has 0 unspecified atom stereocenters. The van der Waals surface area contributed by atoms with Crippen molar-refractivity contribution in [3.05, 3.63) is 50.2 Å². The molecule has 0 atom stereocenters. The number of thiophene rings is 1. The van der Waals surface area contributed by atoms with E-state index >= 15 is 0 Å². The first-order valence-corrected chi connectivity index (χ1v) is 10.2. The van der Waals surface area contributed by atoms with Crippen LogP contribution in [0.1, 0.15) is 23.6 Å². The second kappa shape index (κ2) is 8.39. The summed E-state index contributed by atoms with van der Waals surface area (Å²) in [6.07, 6.45) is 1.56. The van der Waals surface area contributed by atoms with Crippen molar-refractivity contribution in [1.82, 2.24) is 4.31 Å². The Hall–Kier alpha value is -2.30. The van der Waals surface area contributed by atoms with Gasteiger partial charge in [0.05, 0.1) is 16.0 Å². The van der Waals surface area contributed by atoms with E-state index in [9.17, 15) is 18.5 Å². The zero-order chi connectivity index (χ0) is 19.3. The monoisotopic (exact) mass is 396 g/mol. The first-order valence-electron chi connectivity index (χ1n) is 7.93. The van der Waals surface area contributed by atoms with E-state index in [1.54, 1.807) is 20.1 Å². The van der Waals surface area contributed by atoms with E-state index in [1.807, 2.05) is 19.1 Å². The SMILES string of the molecule is CCN(CC)S(=O)(=O)c1ccc(NN=Cc2ccc(C)s2)c([N+](=O)[O-])c1. The van der Waals surface area contributed by atoms with Crippen LogP contribution in [0, 0.1) is 17.0 Å². The van der Waals surface area contributed by atoms with Gasteiger partial charge < -0.3 is 0 Å². The summed E-state index contributed by atoms with van der Waals surface area (Å²) >= 11 is 1.54. The van der Waals surface area contributed by atoms with Gasteiger partial charge in [-0.2, -0.15) is 9.41 Å². The maximum absolute atomic E-state index is 12.5. The summed E-state index contributed by atoms with van der Waals surface area (Å²) in [5.74, 6) is 0. The van der Waals surface area contributed by atoms with E-state index in [0.717, 1.165) is 15.8 Å². The summed E-state index contributed by atoms with van der Waals surface area (Å²) in [5.41, 5.74) is 2.39. The van der Waals surface area contributed by atoms with Gasteiger partial charge in [-0.1, -0.05) is 13.8 Å². The maximum Gasteiger partial charge on any atom is 0.295 e. The maximum atomic E-state index is 12.5. The van der Waals surface area contributed by atoms with Gasteiger partial charge in [-0.25, -0.2) is 8.42 Å². The number of sulfonamides is 1. The molecule has 2 rings (SSSR count).